The number of carbonyl (C=O) groups is 1. The number of rotatable bonds is 5. The highest BCUT2D eigenvalue weighted by Crippen LogP contribution is 2.46. The average Bonchev–Trinajstić information content (AvgIpc) is 3.45. The lowest BCUT2D eigenvalue weighted by molar-refractivity contribution is -0.136. The first-order valence-corrected chi connectivity index (χ1v) is 10.3. The lowest BCUT2D eigenvalue weighted by atomic mass is 10.1. The zero-order valence-corrected chi connectivity index (χ0v) is 17.2. The van der Waals surface area contributed by atoms with Gasteiger partial charge in [0, 0.05) is 37.3 Å². The first-order chi connectivity index (χ1) is 13.9. The quantitative estimate of drug-likeness (QED) is 0.801. The Kier molecular flexibility index (Phi) is 5.36. The fourth-order valence-electron chi connectivity index (χ4n) is 3.73. The third-order valence-corrected chi connectivity index (χ3v) is 5.73. The van der Waals surface area contributed by atoms with Gasteiger partial charge in [-0.2, -0.15) is 15.0 Å². The van der Waals surface area contributed by atoms with Crippen LogP contribution in [0.15, 0.2) is 24.3 Å². The standard InChI is InChI=1S/C21H29N7O/c1-15-5-3-6-16(13-15)23-20-25-17(24-19(22)26-20)14-27-9-4-10-28(12-11-27)18(29)21(2)7-8-21/h3,5-6,13H,4,7-12,14H2,1-2H3,(H3,22,23,24,25,26). The topological polar surface area (TPSA) is 100 Å². The molecular formula is C21H29N7O. The minimum Gasteiger partial charge on any atom is -0.368 e. The third-order valence-electron chi connectivity index (χ3n) is 5.73. The zero-order valence-electron chi connectivity index (χ0n) is 17.2. The molecule has 1 aliphatic heterocycles. The second-order valence-corrected chi connectivity index (χ2v) is 8.41. The molecule has 2 aliphatic rings. The Labute approximate surface area is 171 Å². The lowest BCUT2D eigenvalue weighted by Gasteiger charge is -2.24. The Hall–Kier alpha value is -2.74. The van der Waals surface area contributed by atoms with E-state index in [0.29, 0.717) is 24.2 Å². The van der Waals surface area contributed by atoms with Gasteiger partial charge < -0.3 is 16.0 Å². The Bertz CT molecular complexity index is 896. The van der Waals surface area contributed by atoms with E-state index < -0.39 is 0 Å². The van der Waals surface area contributed by atoms with E-state index in [1.165, 1.54) is 0 Å². The molecule has 1 aliphatic carbocycles. The molecule has 0 bridgehead atoms. The van der Waals surface area contributed by atoms with Gasteiger partial charge in [0.1, 0.15) is 5.82 Å². The number of aryl methyl sites for hydroxylation is 1. The number of nitrogens with one attached hydrogen (secondary N) is 1. The molecule has 2 heterocycles. The van der Waals surface area contributed by atoms with Crippen LogP contribution in [0.25, 0.3) is 0 Å². The molecule has 154 valence electrons. The molecule has 2 aromatic rings. The summed E-state index contributed by atoms with van der Waals surface area (Å²) in [5.74, 6) is 1.61. The molecule has 1 aromatic heterocycles. The molecule has 1 aromatic carbocycles. The number of anilines is 3. The fraction of sp³-hybridized carbons (Fsp3) is 0.524. The number of carbonyl (C=O) groups excluding carboxylic acids is 1. The number of hydrogen-bond donors (Lipinski definition) is 2. The molecule has 0 atom stereocenters. The molecule has 1 saturated heterocycles. The summed E-state index contributed by atoms with van der Waals surface area (Å²) < 4.78 is 0. The molecule has 8 nitrogen and oxygen atoms in total. The van der Waals surface area contributed by atoms with Crippen molar-refractivity contribution in [1.29, 1.82) is 0 Å². The van der Waals surface area contributed by atoms with Gasteiger partial charge in [-0.05, 0) is 43.9 Å². The molecular weight excluding hydrogens is 366 g/mol. The maximum absolute atomic E-state index is 12.6. The van der Waals surface area contributed by atoms with Crippen molar-refractivity contribution in [2.24, 2.45) is 5.41 Å². The molecule has 1 amide bonds. The van der Waals surface area contributed by atoms with Gasteiger partial charge in [0.25, 0.3) is 0 Å². The summed E-state index contributed by atoms with van der Waals surface area (Å²) in [7, 11) is 0. The largest absolute Gasteiger partial charge is 0.368 e. The summed E-state index contributed by atoms with van der Waals surface area (Å²) in [4.78, 5) is 30.0. The molecule has 3 N–H and O–H groups in total. The van der Waals surface area contributed by atoms with Crippen LogP contribution in [-0.2, 0) is 11.3 Å². The molecule has 1 saturated carbocycles. The Morgan fingerprint density at radius 1 is 1.17 bits per heavy atom. The molecule has 0 spiro atoms. The van der Waals surface area contributed by atoms with Crippen molar-refractivity contribution < 1.29 is 4.79 Å². The predicted octanol–water partition coefficient (Wildman–Crippen LogP) is 2.34. The number of nitrogen functional groups attached to an aromatic ring is 1. The van der Waals surface area contributed by atoms with Crippen LogP contribution in [0.5, 0.6) is 0 Å². The van der Waals surface area contributed by atoms with E-state index in [-0.39, 0.29) is 11.4 Å². The van der Waals surface area contributed by atoms with Gasteiger partial charge in [-0.1, -0.05) is 19.1 Å². The normalized spacial score (nSPS) is 18.9. The van der Waals surface area contributed by atoms with Crippen molar-refractivity contribution in [3.8, 4) is 0 Å². The highest BCUT2D eigenvalue weighted by molar-refractivity contribution is 5.84. The molecule has 8 heteroatoms. The van der Waals surface area contributed by atoms with Crippen molar-refractivity contribution in [2.75, 3.05) is 37.2 Å². The van der Waals surface area contributed by atoms with E-state index in [4.69, 9.17) is 5.73 Å². The smallest absolute Gasteiger partial charge is 0.232 e. The van der Waals surface area contributed by atoms with Crippen LogP contribution in [0.3, 0.4) is 0 Å². The van der Waals surface area contributed by atoms with Gasteiger partial charge in [-0.15, -0.1) is 0 Å². The van der Waals surface area contributed by atoms with Crippen molar-refractivity contribution in [2.45, 2.75) is 39.7 Å². The van der Waals surface area contributed by atoms with Gasteiger partial charge in [0.15, 0.2) is 0 Å². The number of nitrogens with two attached hydrogens (primary N) is 1. The van der Waals surface area contributed by atoms with E-state index in [0.717, 1.165) is 56.7 Å². The maximum Gasteiger partial charge on any atom is 0.232 e. The minimum atomic E-state index is -0.103. The van der Waals surface area contributed by atoms with E-state index in [9.17, 15) is 4.79 Å². The summed E-state index contributed by atoms with van der Waals surface area (Å²) in [6.45, 7) is 8.01. The third kappa shape index (κ3) is 4.82. The predicted molar refractivity (Wildman–Crippen MR) is 113 cm³/mol. The highest BCUT2D eigenvalue weighted by Gasteiger charge is 2.47. The SMILES string of the molecule is Cc1cccc(Nc2nc(N)nc(CN3CCCN(C(=O)C4(C)CC4)CC3)n2)c1. The number of nitrogens with zero attached hydrogens (tertiary/aromatic N) is 5. The van der Waals surface area contributed by atoms with Crippen LogP contribution in [0.1, 0.15) is 37.6 Å². The minimum absolute atomic E-state index is 0.103. The van der Waals surface area contributed by atoms with Crippen LogP contribution in [0.4, 0.5) is 17.6 Å². The van der Waals surface area contributed by atoms with Crippen molar-refractivity contribution in [1.82, 2.24) is 24.8 Å². The fourth-order valence-corrected chi connectivity index (χ4v) is 3.73. The van der Waals surface area contributed by atoms with Crippen molar-refractivity contribution in [3.05, 3.63) is 35.7 Å². The van der Waals surface area contributed by atoms with E-state index in [1.807, 2.05) is 36.1 Å². The summed E-state index contributed by atoms with van der Waals surface area (Å²) in [5, 5.41) is 3.21. The number of hydrogen-bond acceptors (Lipinski definition) is 7. The van der Waals surface area contributed by atoms with Gasteiger partial charge in [0.05, 0.1) is 6.54 Å². The van der Waals surface area contributed by atoms with Crippen LogP contribution in [-0.4, -0.2) is 56.8 Å². The van der Waals surface area contributed by atoms with E-state index in [1.54, 1.807) is 0 Å². The number of benzene rings is 1. The number of aromatic nitrogens is 3. The second kappa shape index (κ2) is 7.94. The summed E-state index contributed by atoms with van der Waals surface area (Å²) >= 11 is 0. The average molecular weight is 396 g/mol. The lowest BCUT2D eigenvalue weighted by Crippen LogP contribution is -2.39. The second-order valence-electron chi connectivity index (χ2n) is 8.41. The summed E-state index contributed by atoms with van der Waals surface area (Å²) in [6, 6.07) is 8.01. The monoisotopic (exact) mass is 395 g/mol. The number of amides is 1. The van der Waals surface area contributed by atoms with Crippen LogP contribution in [0, 0.1) is 12.3 Å². The van der Waals surface area contributed by atoms with Gasteiger partial charge in [-0.25, -0.2) is 0 Å². The summed E-state index contributed by atoms with van der Waals surface area (Å²) in [6.07, 6.45) is 3.00. The van der Waals surface area contributed by atoms with Crippen LogP contribution in [0.2, 0.25) is 0 Å². The van der Waals surface area contributed by atoms with E-state index in [2.05, 4.69) is 32.1 Å². The van der Waals surface area contributed by atoms with Crippen LogP contribution < -0.4 is 11.1 Å². The van der Waals surface area contributed by atoms with Gasteiger partial charge >= 0.3 is 0 Å². The molecule has 29 heavy (non-hydrogen) atoms. The first kappa shape index (κ1) is 19.6. The Morgan fingerprint density at radius 2 is 2.00 bits per heavy atom. The highest BCUT2D eigenvalue weighted by atomic mass is 16.2. The molecule has 4 rings (SSSR count). The Balaban J connectivity index is 1.40. The first-order valence-electron chi connectivity index (χ1n) is 10.3. The van der Waals surface area contributed by atoms with Gasteiger partial charge in [0.2, 0.25) is 17.8 Å². The molecule has 2 fully saturated rings. The van der Waals surface area contributed by atoms with Gasteiger partial charge in [-0.3, -0.25) is 9.69 Å². The van der Waals surface area contributed by atoms with Crippen molar-refractivity contribution in [3.63, 3.8) is 0 Å². The van der Waals surface area contributed by atoms with Crippen LogP contribution >= 0.6 is 0 Å². The van der Waals surface area contributed by atoms with E-state index >= 15 is 0 Å². The Morgan fingerprint density at radius 3 is 2.76 bits per heavy atom. The maximum atomic E-state index is 12.6. The van der Waals surface area contributed by atoms with Crippen molar-refractivity contribution >= 4 is 23.5 Å². The summed E-state index contributed by atoms with van der Waals surface area (Å²) in [5.41, 5.74) is 7.89. The zero-order chi connectivity index (χ0) is 20.4. The molecule has 0 unspecified atom stereocenters. The molecule has 0 radical (unpaired) electrons.